The lowest BCUT2D eigenvalue weighted by molar-refractivity contribution is -0.153. The van der Waals surface area contributed by atoms with E-state index in [9.17, 15) is 4.79 Å². The molecule has 0 bridgehead atoms. The summed E-state index contributed by atoms with van der Waals surface area (Å²) < 4.78 is 5.53. The summed E-state index contributed by atoms with van der Waals surface area (Å²) in [4.78, 5) is 12.0. The maximum absolute atomic E-state index is 12.0. The average Bonchev–Trinajstić information content (AvgIpc) is 2.62. The van der Waals surface area contributed by atoms with Crippen LogP contribution >= 0.6 is 0 Å². The molecule has 0 amide bonds. The molecule has 0 aliphatic rings. The van der Waals surface area contributed by atoms with Crippen molar-refractivity contribution in [1.82, 2.24) is 0 Å². The van der Waals surface area contributed by atoms with E-state index in [1.807, 2.05) is 20.8 Å². The summed E-state index contributed by atoms with van der Waals surface area (Å²) >= 11 is 0. The molecule has 0 aliphatic heterocycles. The van der Waals surface area contributed by atoms with Crippen LogP contribution in [0.2, 0.25) is 0 Å². The molecule has 0 radical (unpaired) electrons. The van der Waals surface area contributed by atoms with Crippen molar-refractivity contribution in [2.24, 2.45) is 11.3 Å². The van der Waals surface area contributed by atoms with Gasteiger partial charge in [0.2, 0.25) is 0 Å². The van der Waals surface area contributed by atoms with Crippen molar-refractivity contribution in [3.63, 3.8) is 0 Å². The van der Waals surface area contributed by atoms with Gasteiger partial charge >= 0.3 is 5.97 Å². The molecule has 0 aromatic rings. The summed E-state index contributed by atoms with van der Waals surface area (Å²) in [6.45, 7) is 11.0. The number of rotatable bonds is 18. The van der Waals surface area contributed by atoms with Crippen LogP contribution in [0.3, 0.4) is 0 Å². The molecule has 0 saturated carbocycles. The third-order valence-corrected chi connectivity index (χ3v) is 5.55. The first-order chi connectivity index (χ1) is 12.9. The fourth-order valence-corrected chi connectivity index (χ4v) is 3.57. The number of esters is 1. The highest BCUT2D eigenvalue weighted by Crippen LogP contribution is 2.23. The van der Waals surface area contributed by atoms with E-state index in [2.05, 4.69) is 13.8 Å². The third kappa shape index (κ3) is 17.3. The number of ether oxygens (including phenoxy) is 1. The predicted molar refractivity (Wildman–Crippen MR) is 119 cm³/mol. The highest BCUT2D eigenvalue weighted by Gasteiger charge is 2.23. The molecular weight excluding hydrogens is 332 g/mol. The van der Waals surface area contributed by atoms with E-state index >= 15 is 0 Å². The fraction of sp³-hybridized carbons (Fsp3) is 0.960. The molecule has 0 heterocycles. The SMILES string of the molecule is CCCCCCCCCC(CCCCCCCC)CCOC(=O)C(C)(C)C. The zero-order chi connectivity index (χ0) is 20.4. The minimum Gasteiger partial charge on any atom is -0.465 e. The molecule has 1 unspecified atom stereocenters. The zero-order valence-electron chi connectivity index (χ0n) is 19.4. The van der Waals surface area contributed by atoms with Crippen LogP contribution in [-0.4, -0.2) is 12.6 Å². The Labute approximate surface area is 171 Å². The maximum atomic E-state index is 12.0. The highest BCUT2D eigenvalue weighted by molar-refractivity contribution is 5.75. The van der Waals surface area contributed by atoms with E-state index in [0.717, 1.165) is 12.3 Å². The van der Waals surface area contributed by atoms with Gasteiger partial charge in [0.25, 0.3) is 0 Å². The summed E-state index contributed by atoms with van der Waals surface area (Å²) in [6, 6.07) is 0. The fourth-order valence-electron chi connectivity index (χ4n) is 3.57. The molecule has 2 heteroatoms. The molecule has 27 heavy (non-hydrogen) atoms. The Morgan fingerprint density at radius 1 is 0.667 bits per heavy atom. The first kappa shape index (κ1) is 26.5. The Hall–Kier alpha value is -0.530. The van der Waals surface area contributed by atoms with Gasteiger partial charge in [-0.2, -0.15) is 0 Å². The van der Waals surface area contributed by atoms with Crippen LogP contribution in [0.4, 0.5) is 0 Å². The van der Waals surface area contributed by atoms with Crippen molar-refractivity contribution in [3.8, 4) is 0 Å². The Kier molecular flexibility index (Phi) is 17.2. The monoisotopic (exact) mass is 382 g/mol. The van der Waals surface area contributed by atoms with Crippen LogP contribution in [0.5, 0.6) is 0 Å². The van der Waals surface area contributed by atoms with Crippen LogP contribution in [0, 0.1) is 11.3 Å². The second kappa shape index (κ2) is 17.6. The smallest absolute Gasteiger partial charge is 0.311 e. The standard InChI is InChI=1S/C25H50O2/c1-6-8-10-12-14-16-18-20-23(19-17-15-13-11-9-7-2)21-22-27-24(26)25(3,4)5/h23H,6-22H2,1-5H3. The number of carbonyl (C=O) groups is 1. The van der Waals surface area contributed by atoms with Gasteiger partial charge in [-0.3, -0.25) is 4.79 Å². The van der Waals surface area contributed by atoms with Crippen LogP contribution in [-0.2, 0) is 9.53 Å². The summed E-state index contributed by atoms with van der Waals surface area (Å²) in [5.41, 5.74) is -0.382. The Morgan fingerprint density at radius 2 is 1.07 bits per heavy atom. The molecule has 0 aliphatic carbocycles. The van der Waals surface area contributed by atoms with Crippen LogP contribution < -0.4 is 0 Å². The van der Waals surface area contributed by atoms with Gasteiger partial charge in [-0.1, -0.05) is 110 Å². The van der Waals surface area contributed by atoms with Gasteiger partial charge in [0.15, 0.2) is 0 Å². The van der Waals surface area contributed by atoms with Gasteiger partial charge in [0.1, 0.15) is 0 Å². The zero-order valence-corrected chi connectivity index (χ0v) is 19.4. The third-order valence-electron chi connectivity index (χ3n) is 5.55. The van der Waals surface area contributed by atoms with E-state index in [4.69, 9.17) is 4.74 Å². The quantitative estimate of drug-likeness (QED) is 0.175. The molecule has 0 fully saturated rings. The van der Waals surface area contributed by atoms with Gasteiger partial charge < -0.3 is 4.74 Å². The first-order valence-corrected chi connectivity index (χ1v) is 12.1. The van der Waals surface area contributed by atoms with Gasteiger partial charge in [0, 0.05) is 0 Å². The van der Waals surface area contributed by atoms with Crippen LogP contribution in [0.15, 0.2) is 0 Å². The molecule has 0 N–H and O–H groups in total. The van der Waals surface area contributed by atoms with Crippen molar-refractivity contribution in [3.05, 3.63) is 0 Å². The van der Waals surface area contributed by atoms with Gasteiger partial charge in [-0.25, -0.2) is 0 Å². The minimum absolute atomic E-state index is 0.0586. The van der Waals surface area contributed by atoms with E-state index in [1.165, 1.54) is 96.3 Å². The molecule has 0 aromatic heterocycles. The molecule has 0 rings (SSSR count). The lowest BCUT2D eigenvalue weighted by atomic mass is 9.91. The lowest BCUT2D eigenvalue weighted by Crippen LogP contribution is -2.24. The van der Waals surface area contributed by atoms with E-state index in [0.29, 0.717) is 6.61 Å². The lowest BCUT2D eigenvalue weighted by Gasteiger charge is -2.20. The molecule has 0 saturated heterocycles. The largest absolute Gasteiger partial charge is 0.465 e. The molecule has 0 aromatic carbocycles. The second-order valence-corrected chi connectivity index (χ2v) is 9.51. The summed E-state index contributed by atoms with van der Waals surface area (Å²) in [6.07, 6.45) is 21.5. The van der Waals surface area contributed by atoms with Crippen LogP contribution in [0.1, 0.15) is 137 Å². The topological polar surface area (TPSA) is 26.3 Å². The number of hydrogen-bond donors (Lipinski definition) is 0. The summed E-state index contributed by atoms with van der Waals surface area (Å²) in [5, 5.41) is 0. The molecule has 0 spiro atoms. The molecule has 162 valence electrons. The minimum atomic E-state index is -0.382. The molecule has 2 nitrogen and oxygen atoms in total. The van der Waals surface area contributed by atoms with E-state index in [-0.39, 0.29) is 11.4 Å². The Balaban J connectivity index is 4.03. The summed E-state index contributed by atoms with van der Waals surface area (Å²) in [7, 11) is 0. The van der Waals surface area contributed by atoms with E-state index in [1.54, 1.807) is 0 Å². The van der Waals surface area contributed by atoms with Crippen molar-refractivity contribution >= 4 is 5.97 Å². The normalized spacial score (nSPS) is 12.9. The van der Waals surface area contributed by atoms with Gasteiger partial charge in [0.05, 0.1) is 12.0 Å². The Morgan fingerprint density at radius 3 is 1.48 bits per heavy atom. The average molecular weight is 383 g/mol. The Bertz CT molecular complexity index is 330. The second-order valence-electron chi connectivity index (χ2n) is 9.51. The number of carbonyl (C=O) groups excluding carboxylic acids is 1. The van der Waals surface area contributed by atoms with Crippen molar-refractivity contribution in [1.29, 1.82) is 0 Å². The number of hydrogen-bond acceptors (Lipinski definition) is 2. The summed E-state index contributed by atoms with van der Waals surface area (Å²) in [5.74, 6) is 0.677. The predicted octanol–water partition coefficient (Wildman–Crippen LogP) is 8.47. The van der Waals surface area contributed by atoms with Gasteiger partial charge in [-0.05, 0) is 33.1 Å². The molecular formula is C25H50O2. The van der Waals surface area contributed by atoms with Crippen molar-refractivity contribution in [2.45, 2.75) is 137 Å². The number of unbranched alkanes of at least 4 members (excludes halogenated alkanes) is 11. The first-order valence-electron chi connectivity index (χ1n) is 12.1. The molecule has 1 atom stereocenters. The van der Waals surface area contributed by atoms with Crippen LogP contribution in [0.25, 0.3) is 0 Å². The van der Waals surface area contributed by atoms with Crippen molar-refractivity contribution in [2.75, 3.05) is 6.61 Å². The maximum Gasteiger partial charge on any atom is 0.311 e. The van der Waals surface area contributed by atoms with Crippen molar-refractivity contribution < 1.29 is 9.53 Å². The van der Waals surface area contributed by atoms with E-state index < -0.39 is 0 Å². The highest BCUT2D eigenvalue weighted by atomic mass is 16.5. The van der Waals surface area contributed by atoms with Gasteiger partial charge in [-0.15, -0.1) is 0 Å².